The molecule has 0 saturated carbocycles. The molecule has 2 aromatic rings. The van der Waals surface area contributed by atoms with Gasteiger partial charge in [-0.2, -0.15) is 0 Å². The minimum Gasteiger partial charge on any atom is -0.382 e. The van der Waals surface area contributed by atoms with Crippen LogP contribution in [0.4, 0.5) is 5.82 Å². The van der Waals surface area contributed by atoms with Gasteiger partial charge in [0.05, 0.1) is 12.4 Å². The maximum Gasteiger partial charge on any atom is 0.274 e. The SMILES string of the molecule is CCN(Cc1ccncc1)C(=O)c1cnc(N)cn1. The van der Waals surface area contributed by atoms with Crippen LogP contribution in [0.25, 0.3) is 0 Å². The summed E-state index contributed by atoms with van der Waals surface area (Å²) < 4.78 is 0. The zero-order chi connectivity index (χ0) is 13.7. The summed E-state index contributed by atoms with van der Waals surface area (Å²) in [6.07, 6.45) is 6.19. The van der Waals surface area contributed by atoms with E-state index in [0.29, 0.717) is 24.6 Å². The number of nitrogens with two attached hydrogens (primary N) is 1. The van der Waals surface area contributed by atoms with Crippen molar-refractivity contribution in [2.75, 3.05) is 12.3 Å². The van der Waals surface area contributed by atoms with Crippen molar-refractivity contribution >= 4 is 11.7 Å². The van der Waals surface area contributed by atoms with Gasteiger partial charge in [-0.3, -0.25) is 9.78 Å². The molecule has 98 valence electrons. The molecule has 6 heteroatoms. The summed E-state index contributed by atoms with van der Waals surface area (Å²) in [4.78, 5) is 25.8. The Labute approximate surface area is 111 Å². The minimum absolute atomic E-state index is 0.160. The van der Waals surface area contributed by atoms with Crippen LogP contribution in [0.1, 0.15) is 23.0 Å². The van der Waals surface area contributed by atoms with Crippen molar-refractivity contribution in [2.24, 2.45) is 0 Å². The van der Waals surface area contributed by atoms with Gasteiger partial charge in [0.1, 0.15) is 11.5 Å². The lowest BCUT2D eigenvalue weighted by Gasteiger charge is -2.20. The zero-order valence-electron chi connectivity index (χ0n) is 10.7. The molecule has 19 heavy (non-hydrogen) atoms. The molecule has 2 aromatic heterocycles. The normalized spacial score (nSPS) is 10.2. The maximum atomic E-state index is 12.3. The lowest BCUT2D eigenvalue weighted by Crippen LogP contribution is -2.31. The van der Waals surface area contributed by atoms with E-state index in [0.717, 1.165) is 5.56 Å². The number of rotatable bonds is 4. The Hall–Kier alpha value is -2.50. The van der Waals surface area contributed by atoms with Gasteiger partial charge < -0.3 is 10.6 Å². The summed E-state index contributed by atoms with van der Waals surface area (Å²) in [6.45, 7) is 3.03. The molecular weight excluding hydrogens is 242 g/mol. The highest BCUT2D eigenvalue weighted by atomic mass is 16.2. The predicted molar refractivity (Wildman–Crippen MR) is 71.1 cm³/mol. The van der Waals surface area contributed by atoms with Crippen molar-refractivity contribution in [3.63, 3.8) is 0 Å². The number of carbonyl (C=O) groups excluding carboxylic acids is 1. The Kier molecular flexibility index (Phi) is 4.02. The summed E-state index contributed by atoms with van der Waals surface area (Å²) in [6, 6.07) is 3.76. The second-order valence-electron chi connectivity index (χ2n) is 4.00. The molecule has 0 aliphatic carbocycles. The number of hydrogen-bond acceptors (Lipinski definition) is 5. The molecule has 0 atom stereocenters. The van der Waals surface area contributed by atoms with E-state index in [9.17, 15) is 4.79 Å². The molecule has 0 aromatic carbocycles. The van der Waals surface area contributed by atoms with Crippen LogP contribution < -0.4 is 5.73 Å². The van der Waals surface area contributed by atoms with Crippen molar-refractivity contribution in [1.29, 1.82) is 0 Å². The molecule has 6 nitrogen and oxygen atoms in total. The highest BCUT2D eigenvalue weighted by Crippen LogP contribution is 2.07. The second kappa shape index (κ2) is 5.90. The van der Waals surface area contributed by atoms with Crippen molar-refractivity contribution in [3.8, 4) is 0 Å². The summed E-state index contributed by atoms with van der Waals surface area (Å²) in [7, 11) is 0. The molecule has 1 amide bonds. The molecule has 0 aliphatic heterocycles. The second-order valence-corrected chi connectivity index (χ2v) is 4.00. The van der Waals surface area contributed by atoms with Gasteiger partial charge in [-0.1, -0.05) is 0 Å². The van der Waals surface area contributed by atoms with Gasteiger partial charge >= 0.3 is 0 Å². The summed E-state index contributed by atoms with van der Waals surface area (Å²) in [5.74, 6) is 0.139. The van der Waals surface area contributed by atoms with Crippen LogP contribution in [0.3, 0.4) is 0 Å². The van der Waals surface area contributed by atoms with Crippen molar-refractivity contribution in [3.05, 3.63) is 48.2 Å². The lowest BCUT2D eigenvalue weighted by molar-refractivity contribution is 0.0746. The van der Waals surface area contributed by atoms with Crippen molar-refractivity contribution in [1.82, 2.24) is 19.9 Å². The van der Waals surface area contributed by atoms with Crippen LogP contribution in [-0.4, -0.2) is 32.3 Å². The van der Waals surface area contributed by atoms with Gasteiger partial charge in [0, 0.05) is 25.5 Å². The van der Waals surface area contributed by atoms with E-state index in [4.69, 9.17) is 5.73 Å². The van der Waals surface area contributed by atoms with Gasteiger partial charge in [-0.25, -0.2) is 9.97 Å². The van der Waals surface area contributed by atoms with E-state index < -0.39 is 0 Å². The van der Waals surface area contributed by atoms with Gasteiger partial charge in [0.25, 0.3) is 5.91 Å². The summed E-state index contributed by atoms with van der Waals surface area (Å²) in [5.41, 5.74) is 6.77. The smallest absolute Gasteiger partial charge is 0.274 e. The number of pyridine rings is 1. The number of carbonyl (C=O) groups is 1. The van der Waals surface area contributed by atoms with Crippen LogP contribution in [0.2, 0.25) is 0 Å². The van der Waals surface area contributed by atoms with Gasteiger partial charge in [-0.15, -0.1) is 0 Å². The van der Waals surface area contributed by atoms with Crippen LogP contribution in [0, 0.1) is 0 Å². The average molecular weight is 257 g/mol. The number of aromatic nitrogens is 3. The number of nitrogens with zero attached hydrogens (tertiary/aromatic N) is 4. The third-order valence-corrected chi connectivity index (χ3v) is 2.68. The molecule has 0 bridgehead atoms. The van der Waals surface area contributed by atoms with Crippen molar-refractivity contribution < 1.29 is 4.79 Å². The number of hydrogen-bond donors (Lipinski definition) is 1. The highest BCUT2D eigenvalue weighted by molar-refractivity contribution is 5.92. The minimum atomic E-state index is -0.160. The number of anilines is 1. The van der Waals surface area contributed by atoms with Gasteiger partial charge in [0.15, 0.2) is 0 Å². The Morgan fingerprint density at radius 2 is 2.00 bits per heavy atom. The van der Waals surface area contributed by atoms with E-state index in [1.54, 1.807) is 17.3 Å². The average Bonchev–Trinajstić information content (AvgIpc) is 2.46. The molecule has 0 aliphatic rings. The van der Waals surface area contributed by atoms with Gasteiger partial charge in [-0.05, 0) is 24.6 Å². The van der Waals surface area contributed by atoms with Crippen LogP contribution in [-0.2, 0) is 6.54 Å². The first-order valence-corrected chi connectivity index (χ1v) is 5.96. The van der Waals surface area contributed by atoms with Crippen LogP contribution in [0.15, 0.2) is 36.9 Å². The Bertz CT molecular complexity index is 541. The predicted octanol–water partition coefficient (Wildman–Crippen LogP) is 1.12. The molecule has 0 fully saturated rings. The first kappa shape index (κ1) is 12.9. The van der Waals surface area contributed by atoms with E-state index >= 15 is 0 Å². The fourth-order valence-electron chi connectivity index (χ4n) is 1.65. The molecule has 0 radical (unpaired) electrons. The third kappa shape index (κ3) is 3.25. The molecule has 0 unspecified atom stereocenters. The molecule has 0 spiro atoms. The molecular formula is C13H15N5O. The molecule has 2 rings (SSSR count). The van der Waals surface area contributed by atoms with E-state index in [-0.39, 0.29) is 5.91 Å². The van der Waals surface area contributed by atoms with E-state index in [1.165, 1.54) is 12.4 Å². The quantitative estimate of drug-likeness (QED) is 0.887. The highest BCUT2D eigenvalue weighted by Gasteiger charge is 2.16. The summed E-state index contributed by atoms with van der Waals surface area (Å²) in [5, 5.41) is 0. The zero-order valence-corrected chi connectivity index (χ0v) is 10.7. The summed E-state index contributed by atoms with van der Waals surface area (Å²) >= 11 is 0. The maximum absolute atomic E-state index is 12.3. The number of nitrogen functional groups attached to an aromatic ring is 1. The van der Waals surface area contributed by atoms with E-state index in [2.05, 4.69) is 15.0 Å². The first-order valence-electron chi connectivity index (χ1n) is 5.96. The molecule has 0 saturated heterocycles. The third-order valence-electron chi connectivity index (χ3n) is 2.68. The topological polar surface area (TPSA) is 85.0 Å². The lowest BCUT2D eigenvalue weighted by atomic mass is 10.2. The monoisotopic (exact) mass is 257 g/mol. The standard InChI is InChI=1S/C13H15N5O/c1-2-18(9-10-3-5-15-6-4-10)13(19)11-7-17-12(14)8-16-11/h3-8H,2,9H2,1H3,(H2,14,17). The molecule has 2 heterocycles. The van der Waals surface area contributed by atoms with Crippen molar-refractivity contribution in [2.45, 2.75) is 13.5 Å². The van der Waals surface area contributed by atoms with Crippen LogP contribution >= 0.6 is 0 Å². The van der Waals surface area contributed by atoms with Gasteiger partial charge in [0.2, 0.25) is 0 Å². The Morgan fingerprint density at radius 3 is 2.58 bits per heavy atom. The molecule has 2 N–H and O–H groups in total. The fraction of sp³-hybridized carbons (Fsp3) is 0.231. The number of amides is 1. The largest absolute Gasteiger partial charge is 0.382 e. The van der Waals surface area contributed by atoms with E-state index in [1.807, 2.05) is 19.1 Å². The first-order chi connectivity index (χ1) is 9.20. The Morgan fingerprint density at radius 1 is 1.26 bits per heavy atom. The Balaban J connectivity index is 2.13. The fourth-order valence-corrected chi connectivity index (χ4v) is 1.65. The van der Waals surface area contributed by atoms with Crippen LogP contribution in [0.5, 0.6) is 0 Å².